The number of anilines is 3. The highest BCUT2D eigenvalue weighted by molar-refractivity contribution is 6.02. The molecule has 0 radical (unpaired) electrons. The minimum absolute atomic E-state index is 0.148. The van der Waals surface area contributed by atoms with Crippen LogP contribution in [0.5, 0.6) is 0 Å². The SMILES string of the molecule is COC1CC2CCC(C1)N2c1cc(NCc2ccccc2-c2nccc3cc(NC(=O)/C=C/CN(C)C)ccc23)n2ncc(C(C)C)c2n1. The molecule has 1 amide bonds. The number of ether oxygens (including phenoxy) is 1. The number of amides is 1. The van der Waals surface area contributed by atoms with Gasteiger partial charge in [-0.25, -0.2) is 4.98 Å². The fourth-order valence-electron chi connectivity index (χ4n) is 7.44. The first-order valence-electron chi connectivity index (χ1n) is 17.3. The summed E-state index contributed by atoms with van der Waals surface area (Å²) in [4.78, 5) is 27.1. The van der Waals surface area contributed by atoms with Crippen molar-refractivity contribution in [3.8, 4) is 11.3 Å². The molecule has 2 fully saturated rings. The average Bonchev–Trinajstić information content (AvgIpc) is 3.64. The van der Waals surface area contributed by atoms with Crippen LogP contribution in [0.1, 0.15) is 56.6 Å². The van der Waals surface area contributed by atoms with E-state index >= 15 is 0 Å². The number of fused-ring (bicyclic) bond motifs is 4. The van der Waals surface area contributed by atoms with E-state index < -0.39 is 0 Å². The van der Waals surface area contributed by atoms with Crippen LogP contribution in [0.4, 0.5) is 17.3 Å². The van der Waals surface area contributed by atoms with E-state index in [0.29, 0.717) is 37.2 Å². The molecular formula is C39H46N8O2. The Labute approximate surface area is 288 Å². The van der Waals surface area contributed by atoms with E-state index in [-0.39, 0.29) is 5.91 Å². The van der Waals surface area contributed by atoms with Gasteiger partial charge in [-0.2, -0.15) is 9.61 Å². The van der Waals surface area contributed by atoms with Crippen molar-refractivity contribution in [1.82, 2.24) is 24.5 Å². The molecule has 2 bridgehead atoms. The number of piperidine rings is 1. The third kappa shape index (κ3) is 6.75. The molecule has 2 aliphatic heterocycles. The first-order chi connectivity index (χ1) is 23.8. The number of likely N-dealkylation sites (N-methyl/N-ethyl adjacent to an activating group) is 1. The number of hydrogen-bond acceptors (Lipinski definition) is 8. The summed E-state index contributed by atoms with van der Waals surface area (Å²) < 4.78 is 7.74. The van der Waals surface area contributed by atoms with Crippen LogP contribution in [0.3, 0.4) is 0 Å². The van der Waals surface area contributed by atoms with E-state index in [2.05, 4.69) is 59.7 Å². The van der Waals surface area contributed by atoms with Gasteiger partial charge in [0.15, 0.2) is 5.65 Å². The zero-order valence-electron chi connectivity index (χ0n) is 29.1. The van der Waals surface area contributed by atoms with Crippen LogP contribution in [0, 0.1) is 0 Å². The first kappa shape index (κ1) is 32.7. The zero-order chi connectivity index (χ0) is 34.1. The fourth-order valence-corrected chi connectivity index (χ4v) is 7.44. The molecule has 7 rings (SSSR count). The first-order valence-corrected chi connectivity index (χ1v) is 17.3. The van der Waals surface area contributed by atoms with Gasteiger partial charge >= 0.3 is 0 Å². The molecule has 3 aromatic heterocycles. The molecule has 0 spiro atoms. The molecule has 2 saturated heterocycles. The number of hydrogen-bond donors (Lipinski definition) is 2. The summed E-state index contributed by atoms with van der Waals surface area (Å²) in [5, 5.41) is 13.6. The molecule has 2 N–H and O–H groups in total. The summed E-state index contributed by atoms with van der Waals surface area (Å²) in [5.74, 6) is 2.08. The van der Waals surface area contributed by atoms with Gasteiger partial charge in [0.25, 0.3) is 0 Å². The van der Waals surface area contributed by atoms with Crippen molar-refractivity contribution >= 4 is 39.6 Å². The third-order valence-corrected chi connectivity index (χ3v) is 9.90. The van der Waals surface area contributed by atoms with Crippen molar-refractivity contribution in [2.24, 2.45) is 0 Å². The van der Waals surface area contributed by atoms with E-state index in [0.717, 1.165) is 69.0 Å². The summed E-state index contributed by atoms with van der Waals surface area (Å²) in [6, 6.07) is 19.4. The Morgan fingerprint density at radius 2 is 1.88 bits per heavy atom. The molecular weight excluding hydrogens is 612 g/mol. The summed E-state index contributed by atoms with van der Waals surface area (Å²) in [5.41, 5.74) is 5.87. The highest BCUT2D eigenvalue weighted by Gasteiger charge is 2.42. The van der Waals surface area contributed by atoms with Gasteiger partial charge in [-0.1, -0.05) is 50.3 Å². The van der Waals surface area contributed by atoms with Crippen molar-refractivity contribution in [1.29, 1.82) is 0 Å². The Morgan fingerprint density at radius 3 is 2.63 bits per heavy atom. The fraction of sp³-hybridized carbons (Fsp3) is 0.385. The number of pyridine rings is 1. The molecule has 49 heavy (non-hydrogen) atoms. The third-order valence-electron chi connectivity index (χ3n) is 9.90. The largest absolute Gasteiger partial charge is 0.381 e. The maximum Gasteiger partial charge on any atom is 0.248 e. The van der Waals surface area contributed by atoms with Gasteiger partial charge in [0.05, 0.1) is 18.0 Å². The van der Waals surface area contributed by atoms with Crippen LogP contribution >= 0.6 is 0 Å². The van der Waals surface area contributed by atoms with Gasteiger partial charge in [0.1, 0.15) is 11.6 Å². The molecule has 2 unspecified atom stereocenters. The highest BCUT2D eigenvalue weighted by atomic mass is 16.5. The van der Waals surface area contributed by atoms with E-state index in [4.69, 9.17) is 19.8 Å². The van der Waals surface area contributed by atoms with Crippen molar-refractivity contribution in [2.75, 3.05) is 43.3 Å². The van der Waals surface area contributed by atoms with Crippen molar-refractivity contribution in [3.05, 3.63) is 90.3 Å². The number of benzene rings is 2. The predicted octanol–water partition coefficient (Wildman–Crippen LogP) is 6.88. The van der Waals surface area contributed by atoms with Gasteiger partial charge in [0, 0.05) is 72.8 Å². The maximum atomic E-state index is 12.5. The topological polar surface area (TPSA) is 99.9 Å². The molecule has 5 heterocycles. The zero-order valence-corrected chi connectivity index (χ0v) is 29.1. The molecule has 2 aromatic carbocycles. The quantitative estimate of drug-likeness (QED) is 0.148. The Bertz CT molecular complexity index is 1990. The number of nitrogens with zero attached hydrogens (tertiary/aromatic N) is 6. The second-order valence-corrected chi connectivity index (χ2v) is 13.9. The monoisotopic (exact) mass is 658 g/mol. The minimum Gasteiger partial charge on any atom is -0.381 e. The molecule has 0 saturated carbocycles. The van der Waals surface area contributed by atoms with Crippen molar-refractivity contribution in [2.45, 2.75) is 70.2 Å². The number of carbonyl (C=O) groups excluding carboxylic acids is 1. The Hall–Kier alpha value is -4.80. The van der Waals surface area contributed by atoms with E-state index in [1.165, 1.54) is 12.8 Å². The smallest absolute Gasteiger partial charge is 0.248 e. The van der Waals surface area contributed by atoms with Crippen LogP contribution in [-0.2, 0) is 16.1 Å². The summed E-state index contributed by atoms with van der Waals surface area (Å²) in [6.45, 7) is 5.67. The summed E-state index contributed by atoms with van der Waals surface area (Å²) >= 11 is 0. The number of nitrogens with one attached hydrogen (secondary N) is 2. The normalized spacial score (nSPS) is 19.2. The van der Waals surface area contributed by atoms with Gasteiger partial charge in [-0.3, -0.25) is 9.78 Å². The molecule has 2 aliphatic rings. The van der Waals surface area contributed by atoms with Crippen molar-refractivity contribution < 1.29 is 9.53 Å². The van der Waals surface area contributed by atoms with Crippen molar-refractivity contribution in [3.63, 3.8) is 0 Å². The van der Waals surface area contributed by atoms with Crippen LogP contribution < -0.4 is 15.5 Å². The van der Waals surface area contributed by atoms with E-state index in [9.17, 15) is 4.79 Å². The van der Waals surface area contributed by atoms with Gasteiger partial charge in [-0.05, 0) is 74.8 Å². The van der Waals surface area contributed by atoms with Crippen LogP contribution in [0.2, 0.25) is 0 Å². The standard InChI is InChI=1S/C39H46N8O2/c1-25(2)34-24-42-47-35(22-36(44-39(34)47)46-29-13-14-30(46)21-31(20-29)49-5)41-23-27-9-6-7-10-32(27)38-33-15-12-28(19-26(33)16-17-40-38)43-37(48)11-8-18-45(3)4/h6-12,15-17,19,22,24-25,29-31,41H,13-14,18,20-21,23H2,1-5H3,(H,43,48)/b11-8+. The molecule has 10 nitrogen and oxygen atoms in total. The highest BCUT2D eigenvalue weighted by Crippen LogP contribution is 2.41. The van der Waals surface area contributed by atoms with Crippen LogP contribution in [-0.4, -0.2) is 76.3 Å². The van der Waals surface area contributed by atoms with Gasteiger partial charge in [-0.15, -0.1) is 0 Å². The molecule has 10 heteroatoms. The number of rotatable bonds is 11. The summed E-state index contributed by atoms with van der Waals surface area (Å²) in [6.07, 6.45) is 11.9. The van der Waals surface area contributed by atoms with Crippen LogP contribution in [0.25, 0.3) is 27.7 Å². The lowest BCUT2D eigenvalue weighted by Crippen LogP contribution is -2.45. The number of methoxy groups -OCH3 is 1. The van der Waals surface area contributed by atoms with E-state index in [1.54, 1.807) is 6.08 Å². The lowest BCUT2D eigenvalue weighted by Gasteiger charge is -2.39. The second-order valence-electron chi connectivity index (χ2n) is 13.9. The van der Waals surface area contributed by atoms with Gasteiger partial charge < -0.3 is 25.2 Å². The minimum atomic E-state index is -0.148. The lowest BCUT2D eigenvalue weighted by molar-refractivity contribution is -0.111. The molecule has 0 aliphatic carbocycles. The molecule has 5 aromatic rings. The number of aromatic nitrogens is 4. The Kier molecular flexibility index (Phi) is 9.33. The molecule has 254 valence electrons. The lowest BCUT2D eigenvalue weighted by atomic mass is 9.99. The predicted molar refractivity (Wildman–Crippen MR) is 197 cm³/mol. The number of carbonyl (C=O) groups is 1. The second kappa shape index (κ2) is 14.0. The maximum absolute atomic E-state index is 12.5. The Morgan fingerprint density at radius 1 is 1.08 bits per heavy atom. The van der Waals surface area contributed by atoms with Gasteiger partial charge in [0.2, 0.25) is 5.91 Å². The van der Waals surface area contributed by atoms with Crippen LogP contribution in [0.15, 0.2) is 79.1 Å². The Balaban J connectivity index is 1.18. The summed E-state index contributed by atoms with van der Waals surface area (Å²) in [7, 11) is 5.78. The van der Waals surface area contributed by atoms with E-state index in [1.807, 2.05) is 73.4 Å². The molecule has 2 atom stereocenters. The average molecular weight is 659 g/mol.